The minimum Gasteiger partial charge on any atom is -0.392 e. The molecule has 0 amide bonds. The fourth-order valence-corrected chi connectivity index (χ4v) is 0.580. The lowest BCUT2D eigenvalue weighted by molar-refractivity contribution is -0.0913. The normalized spacial score (nSPS) is 15.2. The maximum atomic E-state index is 11.9. The summed E-state index contributed by atoms with van der Waals surface area (Å²) in [4.78, 5) is 0. The van der Waals surface area contributed by atoms with E-state index in [0.29, 0.717) is 0 Å². The standard InChI is InChI=1S/C8H11F3O/c1-3-7(5-12)4-6(2)8(9,10)11/h3-4,12H,5H2,1-2H3. The third kappa shape index (κ3) is 3.57. The van der Waals surface area contributed by atoms with Gasteiger partial charge in [-0.1, -0.05) is 6.08 Å². The van der Waals surface area contributed by atoms with E-state index < -0.39 is 11.7 Å². The van der Waals surface area contributed by atoms with Gasteiger partial charge in [0, 0.05) is 5.57 Å². The van der Waals surface area contributed by atoms with Gasteiger partial charge in [0.25, 0.3) is 0 Å². The number of alkyl halides is 3. The summed E-state index contributed by atoms with van der Waals surface area (Å²) in [6.07, 6.45) is -1.93. The zero-order valence-electron chi connectivity index (χ0n) is 6.94. The topological polar surface area (TPSA) is 20.2 Å². The predicted molar refractivity (Wildman–Crippen MR) is 40.7 cm³/mol. The monoisotopic (exact) mass is 180 g/mol. The van der Waals surface area contributed by atoms with E-state index in [1.807, 2.05) is 0 Å². The Morgan fingerprint density at radius 3 is 2.17 bits per heavy atom. The lowest BCUT2D eigenvalue weighted by atomic mass is 10.1. The van der Waals surface area contributed by atoms with Crippen LogP contribution in [0.15, 0.2) is 23.3 Å². The average Bonchev–Trinajstić information content (AvgIpc) is 1.97. The first-order valence-electron chi connectivity index (χ1n) is 3.43. The van der Waals surface area contributed by atoms with Crippen LogP contribution in [0.3, 0.4) is 0 Å². The molecule has 0 aromatic heterocycles. The molecule has 0 fully saturated rings. The van der Waals surface area contributed by atoms with Gasteiger partial charge in [-0.2, -0.15) is 13.2 Å². The van der Waals surface area contributed by atoms with E-state index >= 15 is 0 Å². The summed E-state index contributed by atoms with van der Waals surface area (Å²) in [5, 5.41) is 8.56. The molecule has 0 aromatic carbocycles. The van der Waals surface area contributed by atoms with Crippen LogP contribution in [0.2, 0.25) is 0 Å². The van der Waals surface area contributed by atoms with Gasteiger partial charge >= 0.3 is 6.18 Å². The van der Waals surface area contributed by atoms with Gasteiger partial charge in [0.2, 0.25) is 0 Å². The van der Waals surface area contributed by atoms with Gasteiger partial charge in [0.05, 0.1) is 6.61 Å². The number of hydrogen-bond acceptors (Lipinski definition) is 1. The quantitative estimate of drug-likeness (QED) is 0.647. The third-order valence-electron chi connectivity index (χ3n) is 1.40. The van der Waals surface area contributed by atoms with E-state index in [4.69, 9.17) is 5.11 Å². The molecular formula is C8H11F3O. The lowest BCUT2D eigenvalue weighted by Gasteiger charge is -2.06. The zero-order chi connectivity index (χ0) is 9.78. The van der Waals surface area contributed by atoms with E-state index in [1.165, 1.54) is 6.08 Å². The summed E-state index contributed by atoms with van der Waals surface area (Å²) in [5.74, 6) is 0. The van der Waals surface area contributed by atoms with Crippen molar-refractivity contribution < 1.29 is 18.3 Å². The van der Waals surface area contributed by atoms with Crippen LogP contribution < -0.4 is 0 Å². The van der Waals surface area contributed by atoms with Crippen molar-refractivity contribution in [2.24, 2.45) is 0 Å². The number of hydrogen-bond donors (Lipinski definition) is 1. The van der Waals surface area contributed by atoms with Crippen molar-refractivity contribution in [3.63, 3.8) is 0 Å². The van der Waals surface area contributed by atoms with Crippen LogP contribution in [-0.2, 0) is 0 Å². The van der Waals surface area contributed by atoms with E-state index in [-0.39, 0.29) is 12.2 Å². The van der Waals surface area contributed by atoms with E-state index in [2.05, 4.69) is 0 Å². The van der Waals surface area contributed by atoms with Crippen LogP contribution in [0.5, 0.6) is 0 Å². The second-order valence-electron chi connectivity index (χ2n) is 2.35. The van der Waals surface area contributed by atoms with Crippen LogP contribution in [-0.4, -0.2) is 17.9 Å². The Kier molecular flexibility index (Phi) is 4.03. The van der Waals surface area contributed by atoms with Gasteiger partial charge < -0.3 is 5.11 Å². The molecule has 0 heterocycles. The summed E-state index contributed by atoms with van der Waals surface area (Å²) in [6.45, 7) is 2.18. The fourth-order valence-electron chi connectivity index (χ4n) is 0.580. The Balaban J connectivity index is 4.56. The first-order valence-corrected chi connectivity index (χ1v) is 3.43. The molecule has 1 N–H and O–H groups in total. The average molecular weight is 180 g/mol. The van der Waals surface area contributed by atoms with Crippen molar-refractivity contribution in [3.8, 4) is 0 Å². The molecule has 0 spiro atoms. The maximum absolute atomic E-state index is 11.9. The highest BCUT2D eigenvalue weighted by molar-refractivity contribution is 5.24. The highest BCUT2D eigenvalue weighted by Crippen LogP contribution is 2.25. The van der Waals surface area contributed by atoms with E-state index in [1.54, 1.807) is 6.92 Å². The van der Waals surface area contributed by atoms with Crippen molar-refractivity contribution in [2.75, 3.05) is 6.61 Å². The Hall–Kier alpha value is -0.770. The molecule has 0 aliphatic rings. The van der Waals surface area contributed by atoms with Gasteiger partial charge in [0.1, 0.15) is 0 Å². The zero-order valence-corrected chi connectivity index (χ0v) is 6.94. The van der Waals surface area contributed by atoms with Crippen LogP contribution in [0.4, 0.5) is 13.2 Å². The van der Waals surface area contributed by atoms with Crippen molar-refractivity contribution in [1.29, 1.82) is 0 Å². The third-order valence-corrected chi connectivity index (χ3v) is 1.40. The fraction of sp³-hybridized carbons (Fsp3) is 0.500. The number of rotatable bonds is 2. The molecule has 0 saturated heterocycles. The summed E-state index contributed by atoms with van der Waals surface area (Å²) >= 11 is 0. The molecule has 0 atom stereocenters. The molecule has 0 unspecified atom stereocenters. The second-order valence-corrected chi connectivity index (χ2v) is 2.35. The van der Waals surface area contributed by atoms with Crippen molar-refractivity contribution in [2.45, 2.75) is 20.0 Å². The molecule has 0 aliphatic carbocycles. The van der Waals surface area contributed by atoms with E-state index in [9.17, 15) is 13.2 Å². The molecule has 12 heavy (non-hydrogen) atoms. The Morgan fingerprint density at radius 1 is 1.42 bits per heavy atom. The molecule has 70 valence electrons. The molecule has 0 saturated carbocycles. The first-order chi connectivity index (χ1) is 5.41. The molecular weight excluding hydrogens is 169 g/mol. The molecule has 0 radical (unpaired) electrons. The van der Waals surface area contributed by atoms with Gasteiger partial charge in [-0.05, 0) is 25.5 Å². The Morgan fingerprint density at radius 2 is 1.92 bits per heavy atom. The lowest BCUT2D eigenvalue weighted by Crippen LogP contribution is -2.09. The van der Waals surface area contributed by atoms with Gasteiger partial charge in [-0.3, -0.25) is 0 Å². The Labute approximate surface area is 69.2 Å². The highest BCUT2D eigenvalue weighted by Gasteiger charge is 2.29. The number of halogens is 3. The predicted octanol–water partition coefficient (Wildman–Crippen LogP) is 2.43. The molecule has 0 rings (SSSR count). The van der Waals surface area contributed by atoms with Gasteiger partial charge in [0.15, 0.2) is 0 Å². The highest BCUT2D eigenvalue weighted by atomic mass is 19.4. The summed E-state index contributed by atoms with van der Waals surface area (Å²) in [6, 6.07) is 0. The second kappa shape index (κ2) is 4.30. The van der Waals surface area contributed by atoms with Crippen LogP contribution in [0, 0.1) is 0 Å². The Bertz CT molecular complexity index is 201. The molecule has 1 nitrogen and oxygen atoms in total. The summed E-state index contributed by atoms with van der Waals surface area (Å²) < 4.78 is 35.7. The van der Waals surface area contributed by atoms with Crippen LogP contribution in [0.1, 0.15) is 13.8 Å². The van der Waals surface area contributed by atoms with Gasteiger partial charge in [-0.25, -0.2) is 0 Å². The molecule has 0 aliphatic heterocycles. The largest absolute Gasteiger partial charge is 0.412 e. The number of aliphatic hydroxyl groups is 1. The molecule has 4 heteroatoms. The van der Waals surface area contributed by atoms with Gasteiger partial charge in [-0.15, -0.1) is 0 Å². The van der Waals surface area contributed by atoms with Crippen molar-refractivity contribution in [3.05, 3.63) is 23.3 Å². The van der Waals surface area contributed by atoms with Crippen molar-refractivity contribution >= 4 is 0 Å². The number of allylic oxidation sites excluding steroid dienone is 2. The smallest absolute Gasteiger partial charge is 0.392 e. The molecule has 0 aromatic rings. The van der Waals surface area contributed by atoms with Crippen LogP contribution >= 0.6 is 0 Å². The minimum atomic E-state index is -4.30. The summed E-state index contributed by atoms with van der Waals surface area (Å²) in [7, 11) is 0. The van der Waals surface area contributed by atoms with Crippen LogP contribution in [0.25, 0.3) is 0 Å². The maximum Gasteiger partial charge on any atom is 0.412 e. The first kappa shape index (κ1) is 11.2. The van der Waals surface area contributed by atoms with E-state index in [0.717, 1.165) is 13.0 Å². The minimum absolute atomic E-state index is 0.268. The molecule has 0 bridgehead atoms. The summed E-state index contributed by atoms with van der Waals surface area (Å²) in [5.41, 5.74) is -0.436. The number of aliphatic hydroxyl groups excluding tert-OH is 1. The van der Waals surface area contributed by atoms with Crippen molar-refractivity contribution in [1.82, 2.24) is 0 Å². The SMILES string of the molecule is CC=C(C=C(C)C(F)(F)F)CO.